The van der Waals surface area contributed by atoms with Crippen LogP contribution in [0.25, 0.3) is 0 Å². The number of rotatable bonds is 5. The highest BCUT2D eigenvalue weighted by atomic mass is 127. The number of nitrogens with one attached hydrogen (secondary N) is 1. The Morgan fingerprint density at radius 3 is 2.48 bits per heavy atom. The molecule has 2 rings (SSSR count). The zero-order valence-electron chi connectivity index (χ0n) is 12.5. The van der Waals surface area contributed by atoms with Gasteiger partial charge >= 0.3 is 5.97 Å². The number of aryl methyl sites for hydroxylation is 1. The van der Waals surface area contributed by atoms with Gasteiger partial charge in [0, 0.05) is 9.26 Å². The van der Waals surface area contributed by atoms with Gasteiger partial charge in [0.1, 0.15) is 0 Å². The fourth-order valence-electron chi connectivity index (χ4n) is 1.91. The maximum atomic E-state index is 11.9. The molecule has 0 aliphatic heterocycles. The first-order valence-electron chi connectivity index (χ1n) is 6.92. The number of hydrogen-bond donors (Lipinski definition) is 2. The summed E-state index contributed by atoms with van der Waals surface area (Å²) < 4.78 is 6.06. The highest BCUT2D eigenvalue weighted by Gasteiger charge is 2.11. The maximum Gasteiger partial charge on any atom is 0.338 e. The number of anilines is 1. The van der Waals surface area contributed by atoms with Crippen LogP contribution >= 0.6 is 22.6 Å². The average Bonchev–Trinajstić information content (AvgIpc) is 2.55. The Labute approximate surface area is 147 Å². The van der Waals surface area contributed by atoms with E-state index in [4.69, 9.17) is 9.84 Å². The first-order valence-corrected chi connectivity index (χ1v) is 8.00. The summed E-state index contributed by atoms with van der Waals surface area (Å²) in [6.07, 6.45) is 0. The molecule has 0 spiro atoms. The topological polar surface area (TPSA) is 75.6 Å². The van der Waals surface area contributed by atoms with Crippen molar-refractivity contribution in [3.05, 3.63) is 62.7 Å². The third-order valence-corrected chi connectivity index (χ3v) is 3.84. The second kappa shape index (κ2) is 8.07. The molecule has 2 aromatic carbocycles. The monoisotopic (exact) mass is 425 g/mol. The molecule has 0 saturated heterocycles. The summed E-state index contributed by atoms with van der Waals surface area (Å²) >= 11 is 2.19. The predicted molar refractivity (Wildman–Crippen MR) is 95.2 cm³/mol. The Bertz CT molecular complexity index is 713. The van der Waals surface area contributed by atoms with E-state index in [-0.39, 0.29) is 13.2 Å². The minimum absolute atomic E-state index is 0.0902. The van der Waals surface area contributed by atoms with Gasteiger partial charge in [-0.05, 0) is 71.0 Å². The summed E-state index contributed by atoms with van der Waals surface area (Å²) in [6, 6.07) is 12.0. The fourth-order valence-corrected chi connectivity index (χ4v) is 2.56. The zero-order valence-corrected chi connectivity index (χ0v) is 14.7. The van der Waals surface area contributed by atoms with Gasteiger partial charge in [-0.25, -0.2) is 4.79 Å². The lowest BCUT2D eigenvalue weighted by molar-refractivity contribution is -0.119. The molecule has 0 aromatic heterocycles. The van der Waals surface area contributed by atoms with E-state index < -0.39 is 11.9 Å². The van der Waals surface area contributed by atoms with Crippen LogP contribution in [0.2, 0.25) is 0 Å². The molecule has 0 fully saturated rings. The molecule has 0 unspecified atom stereocenters. The van der Waals surface area contributed by atoms with Gasteiger partial charge in [0.2, 0.25) is 0 Å². The molecule has 0 aliphatic rings. The van der Waals surface area contributed by atoms with Crippen molar-refractivity contribution in [2.75, 3.05) is 11.9 Å². The van der Waals surface area contributed by atoms with E-state index in [1.54, 1.807) is 24.3 Å². The van der Waals surface area contributed by atoms with Crippen LogP contribution in [0.1, 0.15) is 21.5 Å². The molecule has 0 saturated carbocycles. The van der Waals surface area contributed by atoms with Crippen molar-refractivity contribution < 1.29 is 19.4 Å². The molecule has 5 nitrogen and oxygen atoms in total. The lowest BCUT2D eigenvalue weighted by atomic mass is 10.1. The van der Waals surface area contributed by atoms with Crippen LogP contribution in [-0.4, -0.2) is 23.6 Å². The zero-order chi connectivity index (χ0) is 16.8. The van der Waals surface area contributed by atoms with Crippen molar-refractivity contribution in [3.63, 3.8) is 0 Å². The number of halogens is 1. The van der Waals surface area contributed by atoms with Crippen LogP contribution in [0, 0.1) is 10.5 Å². The van der Waals surface area contributed by atoms with Gasteiger partial charge in [-0.3, -0.25) is 4.79 Å². The molecule has 2 aromatic rings. The van der Waals surface area contributed by atoms with Crippen LogP contribution in [0.5, 0.6) is 0 Å². The smallest absolute Gasteiger partial charge is 0.338 e. The summed E-state index contributed by atoms with van der Waals surface area (Å²) in [6.45, 7) is 1.45. The van der Waals surface area contributed by atoms with Gasteiger partial charge in [-0.2, -0.15) is 0 Å². The Morgan fingerprint density at radius 2 is 1.87 bits per heavy atom. The molecular weight excluding hydrogens is 409 g/mol. The standard InChI is InChI=1S/C17H16INO4/c1-11-8-14(18)6-7-15(11)19-16(21)10-23-17(22)13-4-2-12(9-20)3-5-13/h2-8,20H,9-10H2,1H3,(H,19,21). The van der Waals surface area contributed by atoms with Crippen molar-refractivity contribution in [1.29, 1.82) is 0 Å². The number of esters is 1. The van der Waals surface area contributed by atoms with E-state index in [1.807, 2.05) is 25.1 Å². The van der Waals surface area contributed by atoms with E-state index in [1.165, 1.54) is 0 Å². The number of benzene rings is 2. The molecule has 0 atom stereocenters. The lowest BCUT2D eigenvalue weighted by Gasteiger charge is -2.09. The van der Waals surface area contributed by atoms with Crippen molar-refractivity contribution in [2.45, 2.75) is 13.5 Å². The van der Waals surface area contributed by atoms with E-state index >= 15 is 0 Å². The molecule has 0 aliphatic carbocycles. The second-order valence-electron chi connectivity index (χ2n) is 4.94. The Morgan fingerprint density at radius 1 is 1.17 bits per heavy atom. The van der Waals surface area contributed by atoms with Crippen LogP contribution in [0.4, 0.5) is 5.69 Å². The molecule has 0 bridgehead atoms. The Balaban J connectivity index is 1.89. The minimum atomic E-state index is -0.580. The highest BCUT2D eigenvalue weighted by Crippen LogP contribution is 2.17. The number of amides is 1. The normalized spacial score (nSPS) is 10.2. The number of carbonyl (C=O) groups is 2. The number of hydrogen-bond acceptors (Lipinski definition) is 4. The van der Waals surface area contributed by atoms with E-state index in [9.17, 15) is 9.59 Å². The number of aliphatic hydroxyl groups is 1. The molecule has 2 N–H and O–H groups in total. The Kier molecular flexibility index (Phi) is 6.12. The first-order chi connectivity index (χ1) is 11.0. The molecule has 6 heteroatoms. The molecule has 1 amide bonds. The third-order valence-electron chi connectivity index (χ3n) is 3.17. The van der Waals surface area contributed by atoms with Gasteiger partial charge in [-0.15, -0.1) is 0 Å². The first kappa shape index (κ1) is 17.4. The van der Waals surface area contributed by atoms with Crippen molar-refractivity contribution in [3.8, 4) is 0 Å². The highest BCUT2D eigenvalue weighted by molar-refractivity contribution is 14.1. The summed E-state index contributed by atoms with van der Waals surface area (Å²) in [5.74, 6) is -0.974. The van der Waals surface area contributed by atoms with Gasteiger partial charge in [0.25, 0.3) is 5.91 Å². The van der Waals surface area contributed by atoms with Gasteiger partial charge < -0.3 is 15.2 Å². The summed E-state index contributed by atoms with van der Waals surface area (Å²) in [5.41, 5.74) is 2.67. The summed E-state index contributed by atoms with van der Waals surface area (Å²) in [5, 5.41) is 11.7. The SMILES string of the molecule is Cc1cc(I)ccc1NC(=O)COC(=O)c1ccc(CO)cc1. The van der Waals surface area contributed by atoms with Crippen molar-refractivity contribution in [1.82, 2.24) is 0 Å². The van der Waals surface area contributed by atoms with Gasteiger partial charge in [0.15, 0.2) is 6.61 Å². The second-order valence-corrected chi connectivity index (χ2v) is 6.18. The van der Waals surface area contributed by atoms with E-state index in [0.717, 1.165) is 9.13 Å². The van der Waals surface area contributed by atoms with Crippen LogP contribution in [-0.2, 0) is 16.1 Å². The molecule has 0 radical (unpaired) electrons. The summed E-state index contributed by atoms with van der Waals surface area (Å²) in [7, 11) is 0. The summed E-state index contributed by atoms with van der Waals surface area (Å²) in [4.78, 5) is 23.7. The third kappa shape index (κ3) is 5.04. The molecule has 0 heterocycles. The molecule has 120 valence electrons. The van der Waals surface area contributed by atoms with E-state index in [2.05, 4.69) is 27.9 Å². The van der Waals surface area contributed by atoms with Gasteiger partial charge in [0.05, 0.1) is 12.2 Å². The number of carbonyl (C=O) groups excluding carboxylic acids is 2. The molecule has 23 heavy (non-hydrogen) atoms. The number of aliphatic hydroxyl groups excluding tert-OH is 1. The Hall–Kier alpha value is -1.93. The minimum Gasteiger partial charge on any atom is -0.452 e. The quantitative estimate of drug-likeness (QED) is 0.571. The van der Waals surface area contributed by atoms with Crippen LogP contribution in [0.3, 0.4) is 0 Å². The van der Waals surface area contributed by atoms with Gasteiger partial charge in [-0.1, -0.05) is 12.1 Å². The van der Waals surface area contributed by atoms with Crippen molar-refractivity contribution >= 4 is 40.2 Å². The van der Waals surface area contributed by atoms with Crippen molar-refractivity contribution in [2.24, 2.45) is 0 Å². The largest absolute Gasteiger partial charge is 0.452 e. The maximum absolute atomic E-state index is 11.9. The predicted octanol–water partition coefficient (Wildman–Crippen LogP) is 2.89. The molecular formula is C17H16INO4. The number of ether oxygens (including phenoxy) is 1. The average molecular weight is 425 g/mol. The van der Waals surface area contributed by atoms with Crippen LogP contribution < -0.4 is 5.32 Å². The lowest BCUT2D eigenvalue weighted by Crippen LogP contribution is -2.21. The van der Waals surface area contributed by atoms with E-state index in [0.29, 0.717) is 16.8 Å². The van der Waals surface area contributed by atoms with Crippen LogP contribution in [0.15, 0.2) is 42.5 Å². The fraction of sp³-hybridized carbons (Fsp3) is 0.176.